The standard InChI is InChI=1S/C23H32O2.C21H28O2.C17H28O3.C14H23N.C12H26O2/c1-17(2)15-24-21-11-7-19(8-12-21)23(5,6)20-9-13-22(14-10-20)25-16-18(3)4;1-16(2)14-22-20-9-5-18(6-10-20)13-19-7-11-21(12-8-19)23-15-17(3)4;1-12(2)9-10-16(18)14-7-5-6-8-15(14)17(19)20-11-13(3)4;1-12(2)10-15(11-13(3)4)14-8-6-5-7-9-14;1-11(2)9-13-7-5-6-8-14-10-12(3)4/h7-14,17-18H,15-16H2,1-6H3;5-12,16-17H,13-15H2,1-4H3;5-6,12-15H,7-11H2,1-4H3;5-9,12-13H,10-11H2,1-4H3;11-12H,5-10H2,1-4H3. The van der Waals surface area contributed by atoms with Crippen molar-refractivity contribution < 1.29 is 42.7 Å². The van der Waals surface area contributed by atoms with E-state index in [9.17, 15) is 9.59 Å². The van der Waals surface area contributed by atoms with Gasteiger partial charge in [-0.15, -0.1) is 0 Å². The summed E-state index contributed by atoms with van der Waals surface area (Å²) in [5.74, 6) is 9.04. The van der Waals surface area contributed by atoms with Crippen molar-refractivity contribution in [2.75, 3.05) is 77.5 Å². The van der Waals surface area contributed by atoms with E-state index in [0.717, 1.165) is 115 Å². The minimum absolute atomic E-state index is 0.0623. The van der Waals surface area contributed by atoms with E-state index in [-0.39, 0.29) is 29.0 Å². The van der Waals surface area contributed by atoms with Crippen LogP contribution in [0.4, 0.5) is 5.69 Å². The van der Waals surface area contributed by atoms with Crippen LogP contribution in [0.2, 0.25) is 0 Å². The lowest BCUT2D eigenvalue weighted by Gasteiger charge is -2.28. The van der Waals surface area contributed by atoms with Gasteiger partial charge in [0, 0.05) is 63.0 Å². The summed E-state index contributed by atoms with van der Waals surface area (Å²) in [6.07, 6.45) is 9.95. The Hall–Kier alpha value is -6.10. The molecule has 0 aromatic heterocycles. The van der Waals surface area contributed by atoms with Crippen LogP contribution in [0, 0.1) is 71.0 Å². The summed E-state index contributed by atoms with van der Waals surface area (Å²) in [6, 6.07) is 44.4. The molecule has 0 bridgehead atoms. The number of hydrogen-bond donors (Lipinski definition) is 0. The van der Waals surface area contributed by atoms with Gasteiger partial charge >= 0.3 is 5.97 Å². The average Bonchev–Trinajstić information content (AvgIpc) is 0.864. The molecule has 0 saturated carbocycles. The third kappa shape index (κ3) is 41.2. The lowest BCUT2D eigenvalue weighted by molar-refractivity contribution is -0.154. The Morgan fingerprint density at radius 1 is 0.402 bits per heavy atom. The Labute approximate surface area is 593 Å². The normalized spacial score (nSPS) is 13.6. The minimum Gasteiger partial charge on any atom is -0.493 e. The van der Waals surface area contributed by atoms with Crippen LogP contribution in [-0.2, 0) is 35.6 Å². The molecular formula is C87H137NO9. The second kappa shape index (κ2) is 49.4. The molecule has 2 unspecified atom stereocenters. The number of benzene rings is 5. The molecule has 10 nitrogen and oxygen atoms in total. The molecule has 5 aromatic carbocycles. The SMILES string of the molecule is CC(C)CCC(=O)C1CC=CCC1C(=O)OCC(C)C.CC(C)CN(CC(C)C)c1ccccc1.CC(C)COCCCCOCC(C)C.CC(C)COc1ccc(C(C)(C)c2ccc(OCC(C)C)cc2)cc1.CC(C)COc1ccc(Cc2ccc(OCC(C)C)cc2)cc1. The number of nitrogens with zero attached hydrogens (tertiary/aromatic N) is 1. The maximum Gasteiger partial charge on any atom is 0.310 e. The molecule has 10 heteroatoms. The molecule has 0 spiro atoms. The van der Waals surface area contributed by atoms with Crippen LogP contribution >= 0.6 is 0 Å². The Balaban J connectivity index is 0.000000420. The summed E-state index contributed by atoms with van der Waals surface area (Å²) < 4.78 is 39.3. The molecule has 0 amide bonds. The molecule has 6 rings (SSSR count). The number of ether oxygens (including phenoxy) is 7. The van der Waals surface area contributed by atoms with Crippen LogP contribution in [-0.4, -0.2) is 84.3 Å². The quantitative estimate of drug-likeness (QED) is 0.0217. The van der Waals surface area contributed by atoms with Gasteiger partial charge < -0.3 is 38.1 Å². The fourth-order valence-corrected chi connectivity index (χ4v) is 10.1. The summed E-state index contributed by atoms with van der Waals surface area (Å²) >= 11 is 0. The van der Waals surface area contributed by atoms with Crippen molar-refractivity contribution >= 4 is 17.4 Å². The predicted octanol–water partition coefficient (Wildman–Crippen LogP) is 22.1. The highest BCUT2D eigenvalue weighted by Crippen LogP contribution is 2.34. The van der Waals surface area contributed by atoms with E-state index in [4.69, 9.17) is 33.2 Å². The van der Waals surface area contributed by atoms with Crippen LogP contribution in [0.25, 0.3) is 0 Å². The first kappa shape index (κ1) is 87.0. The van der Waals surface area contributed by atoms with Gasteiger partial charge in [0.1, 0.15) is 28.8 Å². The van der Waals surface area contributed by atoms with E-state index in [2.05, 4.69) is 271 Å². The molecular weight excluding hydrogens is 1200 g/mol. The number of carbonyl (C=O) groups excluding carboxylic acids is 2. The second-order valence-electron chi connectivity index (χ2n) is 31.2. The van der Waals surface area contributed by atoms with Gasteiger partial charge in [0.05, 0.1) is 39.0 Å². The smallest absolute Gasteiger partial charge is 0.310 e. The molecule has 544 valence electrons. The first-order valence-corrected chi connectivity index (χ1v) is 37.1. The van der Waals surface area contributed by atoms with Crippen LogP contribution in [0.15, 0.2) is 140 Å². The van der Waals surface area contributed by atoms with Crippen LogP contribution < -0.4 is 23.8 Å². The van der Waals surface area contributed by atoms with Crippen LogP contribution in [0.3, 0.4) is 0 Å². The van der Waals surface area contributed by atoms with Crippen molar-refractivity contribution in [3.8, 4) is 23.0 Å². The molecule has 0 saturated heterocycles. The lowest BCUT2D eigenvalue weighted by atomic mass is 9.78. The van der Waals surface area contributed by atoms with Gasteiger partial charge in [0.25, 0.3) is 0 Å². The van der Waals surface area contributed by atoms with Crippen molar-refractivity contribution in [1.82, 2.24) is 0 Å². The number of esters is 1. The summed E-state index contributed by atoms with van der Waals surface area (Å²) in [5, 5.41) is 0. The number of anilines is 1. The predicted molar refractivity (Wildman–Crippen MR) is 411 cm³/mol. The number of ketones is 1. The first-order valence-electron chi connectivity index (χ1n) is 37.1. The Kier molecular flexibility index (Phi) is 44.3. The highest BCUT2D eigenvalue weighted by molar-refractivity contribution is 5.87. The third-order valence-corrected chi connectivity index (χ3v) is 15.4. The monoisotopic (exact) mass is 1340 g/mol. The number of carbonyl (C=O) groups is 2. The molecule has 2 atom stereocenters. The van der Waals surface area contributed by atoms with E-state index in [1.54, 1.807) is 0 Å². The van der Waals surface area contributed by atoms with Gasteiger partial charge in [0.15, 0.2) is 0 Å². The van der Waals surface area contributed by atoms with Gasteiger partial charge in [-0.25, -0.2) is 0 Å². The molecule has 0 fully saturated rings. The van der Waals surface area contributed by atoms with Crippen molar-refractivity contribution in [3.63, 3.8) is 0 Å². The fraction of sp³-hybridized carbons (Fsp3) is 0.609. The lowest BCUT2D eigenvalue weighted by Crippen LogP contribution is -2.33. The van der Waals surface area contributed by atoms with E-state index in [1.807, 2.05) is 26.0 Å². The Morgan fingerprint density at radius 3 is 1.07 bits per heavy atom. The maximum absolute atomic E-state index is 12.3. The van der Waals surface area contributed by atoms with Gasteiger partial charge in [-0.1, -0.05) is 231 Å². The zero-order chi connectivity index (χ0) is 72.3. The first-order chi connectivity index (χ1) is 45.9. The van der Waals surface area contributed by atoms with Crippen molar-refractivity contribution in [2.45, 2.75) is 203 Å². The number of allylic oxidation sites excluding steroid dienone is 2. The maximum atomic E-state index is 12.3. The summed E-state index contributed by atoms with van der Waals surface area (Å²) in [4.78, 5) is 26.9. The van der Waals surface area contributed by atoms with Crippen LogP contribution in [0.5, 0.6) is 23.0 Å². The third-order valence-electron chi connectivity index (χ3n) is 15.4. The summed E-state index contributed by atoms with van der Waals surface area (Å²) in [5.41, 5.74) is 6.42. The van der Waals surface area contributed by atoms with E-state index < -0.39 is 0 Å². The van der Waals surface area contributed by atoms with Crippen LogP contribution in [0.1, 0.15) is 213 Å². The van der Waals surface area contributed by atoms with Gasteiger partial charge in [0.2, 0.25) is 0 Å². The number of hydrogen-bond acceptors (Lipinski definition) is 10. The second-order valence-corrected chi connectivity index (χ2v) is 31.2. The largest absolute Gasteiger partial charge is 0.493 e. The fourth-order valence-electron chi connectivity index (χ4n) is 10.1. The molecule has 0 heterocycles. The number of unbranched alkanes of at least 4 members (excludes halogenated alkanes) is 1. The molecule has 0 aliphatic heterocycles. The Bertz CT molecular complexity index is 2610. The molecule has 0 N–H and O–H groups in total. The number of Topliss-reactive ketones (excluding diaryl/α,β-unsaturated/α-hetero) is 1. The van der Waals surface area contributed by atoms with Gasteiger partial charge in [-0.2, -0.15) is 0 Å². The molecule has 1 aliphatic rings. The average molecular weight is 1340 g/mol. The topological polar surface area (TPSA) is 102 Å². The number of rotatable bonds is 37. The molecule has 5 aromatic rings. The molecule has 1 aliphatic carbocycles. The Morgan fingerprint density at radius 2 is 0.742 bits per heavy atom. The summed E-state index contributed by atoms with van der Waals surface area (Å²) in [6.45, 7) is 57.1. The van der Waals surface area contributed by atoms with Gasteiger partial charge in [-0.3, -0.25) is 9.59 Å². The minimum atomic E-state index is -0.279. The molecule has 0 radical (unpaired) electrons. The molecule has 97 heavy (non-hydrogen) atoms. The van der Waals surface area contributed by atoms with E-state index >= 15 is 0 Å². The van der Waals surface area contributed by atoms with Crippen molar-refractivity contribution in [3.05, 3.63) is 162 Å². The summed E-state index contributed by atoms with van der Waals surface area (Å²) in [7, 11) is 0. The van der Waals surface area contributed by atoms with Gasteiger partial charge in [-0.05, 0) is 181 Å². The highest BCUT2D eigenvalue weighted by atomic mass is 16.5. The van der Waals surface area contributed by atoms with E-state index in [0.29, 0.717) is 85.0 Å². The van der Waals surface area contributed by atoms with E-state index in [1.165, 1.54) is 27.9 Å². The number of para-hydroxylation sites is 1. The van der Waals surface area contributed by atoms with Crippen molar-refractivity contribution in [1.29, 1.82) is 0 Å². The highest BCUT2D eigenvalue weighted by Gasteiger charge is 2.35. The zero-order valence-corrected chi connectivity index (χ0v) is 65.1. The zero-order valence-electron chi connectivity index (χ0n) is 65.1. The van der Waals surface area contributed by atoms with Crippen molar-refractivity contribution in [2.24, 2.45) is 71.0 Å².